The van der Waals surface area contributed by atoms with Crippen LogP contribution >= 0.6 is 0 Å². The van der Waals surface area contributed by atoms with Gasteiger partial charge in [0.2, 0.25) is 0 Å². The third kappa shape index (κ3) is 4.94. The van der Waals surface area contributed by atoms with Crippen molar-refractivity contribution in [2.24, 2.45) is 0 Å². The first-order chi connectivity index (χ1) is 19.9. The number of urea groups is 1. The average molecular weight is 537 g/mol. The molecular weight excluding hydrogens is 508 g/mol. The summed E-state index contributed by atoms with van der Waals surface area (Å²) in [7, 11) is 0. The van der Waals surface area contributed by atoms with Gasteiger partial charge in [0, 0.05) is 0 Å². The molecule has 5 nitrogen and oxygen atoms in total. The van der Waals surface area contributed by atoms with E-state index in [-0.39, 0.29) is 5.57 Å². The second kappa shape index (κ2) is 10.7. The number of benzene rings is 5. The highest BCUT2D eigenvalue weighted by atomic mass is 16.2. The summed E-state index contributed by atoms with van der Waals surface area (Å²) in [5.74, 6) is -1.30. The lowest BCUT2D eigenvalue weighted by Gasteiger charge is -2.34. The maximum absolute atomic E-state index is 14.0. The Labute approximate surface area is 239 Å². The molecule has 0 radical (unpaired) electrons. The number of hydrogen-bond donors (Lipinski definition) is 0. The highest BCUT2D eigenvalue weighted by Crippen LogP contribution is 2.32. The Balaban J connectivity index is 1.56. The van der Waals surface area contributed by atoms with Gasteiger partial charge in [0.1, 0.15) is 5.57 Å². The molecule has 0 aromatic heterocycles. The smallest absolute Gasteiger partial charge is 0.268 e. The van der Waals surface area contributed by atoms with Gasteiger partial charge >= 0.3 is 6.03 Å². The molecule has 1 aliphatic heterocycles. The van der Waals surface area contributed by atoms with Crippen LogP contribution in [-0.4, -0.2) is 17.8 Å². The standard InChI is InChI=1S/C36H28N2O3/c1-24-19-25(2)21-26(20-24)22-28-18-17-27-11-9-10-16-31(27)32(28)23-33-34(39)37(29-12-5-3-6-13-29)36(41)38(35(33)40)30-14-7-4-8-15-30/h3-21,23H,22H2,1-2H3. The summed E-state index contributed by atoms with van der Waals surface area (Å²) in [5, 5.41) is 1.92. The van der Waals surface area contributed by atoms with E-state index in [9.17, 15) is 14.4 Å². The minimum Gasteiger partial charge on any atom is -0.268 e. The maximum Gasteiger partial charge on any atom is 0.343 e. The molecule has 0 N–H and O–H groups in total. The number of nitrogens with zero attached hydrogens (tertiary/aromatic N) is 2. The second-order valence-corrected chi connectivity index (χ2v) is 10.3. The summed E-state index contributed by atoms with van der Waals surface area (Å²) >= 11 is 0. The van der Waals surface area contributed by atoms with Crippen molar-refractivity contribution in [3.8, 4) is 0 Å². The van der Waals surface area contributed by atoms with Gasteiger partial charge in [-0.2, -0.15) is 0 Å². The number of hydrogen-bond acceptors (Lipinski definition) is 3. The molecule has 5 heteroatoms. The number of para-hydroxylation sites is 2. The van der Waals surface area contributed by atoms with E-state index in [0.717, 1.165) is 37.3 Å². The van der Waals surface area contributed by atoms with Crippen molar-refractivity contribution in [1.29, 1.82) is 0 Å². The average Bonchev–Trinajstić information content (AvgIpc) is 2.97. The monoisotopic (exact) mass is 536 g/mol. The van der Waals surface area contributed by atoms with Gasteiger partial charge in [-0.3, -0.25) is 9.59 Å². The molecule has 1 heterocycles. The highest BCUT2D eigenvalue weighted by Gasteiger charge is 2.43. The Morgan fingerprint density at radius 1 is 0.610 bits per heavy atom. The van der Waals surface area contributed by atoms with E-state index in [4.69, 9.17) is 0 Å². The summed E-state index contributed by atoms with van der Waals surface area (Å²) in [6.45, 7) is 4.15. The lowest BCUT2D eigenvalue weighted by Crippen LogP contribution is -2.57. The number of imide groups is 2. The van der Waals surface area contributed by atoms with E-state index >= 15 is 0 Å². The number of barbiturate groups is 1. The fourth-order valence-electron chi connectivity index (χ4n) is 5.54. The van der Waals surface area contributed by atoms with Crippen molar-refractivity contribution in [2.45, 2.75) is 20.3 Å². The molecule has 5 aromatic rings. The van der Waals surface area contributed by atoms with Crippen molar-refractivity contribution < 1.29 is 14.4 Å². The predicted octanol–water partition coefficient (Wildman–Crippen LogP) is 7.63. The molecule has 0 unspecified atom stereocenters. The van der Waals surface area contributed by atoms with Gasteiger partial charge < -0.3 is 0 Å². The lowest BCUT2D eigenvalue weighted by atomic mass is 9.91. The number of aryl methyl sites for hydroxylation is 2. The van der Waals surface area contributed by atoms with Crippen LogP contribution < -0.4 is 9.80 Å². The molecule has 0 bridgehead atoms. The van der Waals surface area contributed by atoms with Crippen LogP contribution in [0.5, 0.6) is 0 Å². The minimum atomic E-state index is -0.706. The fraction of sp³-hybridized carbons (Fsp3) is 0.0833. The Hall–Kier alpha value is -5.29. The Bertz CT molecular complexity index is 1760. The maximum atomic E-state index is 14.0. The molecule has 6 rings (SSSR count). The number of amides is 4. The third-order valence-electron chi connectivity index (χ3n) is 7.30. The second-order valence-electron chi connectivity index (χ2n) is 10.3. The molecular formula is C36H28N2O3. The number of fused-ring (bicyclic) bond motifs is 1. The summed E-state index contributed by atoms with van der Waals surface area (Å²) < 4.78 is 0. The van der Waals surface area contributed by atoms with E-state index in [2.05, 4.69) is 44.2 Å². The van der Waals surface area contributed by atoms with E-state index in [1.165, 1.54) is 11.1 Å². The van der Waals surface area contributed by atoms with E-state index in [1.807, 2.05) is 36.4 Å². The van der Waals surface area contributed by atoms with Crippen LogP contribution in [0.4, 0.5) is 16.2 Å². The fourth-order valence-corrected chi connectivity index (χ4v) is 5.54. The molecule has 4 amide bonds. The van der Waals surface area contributed by atoms with Gasteiger partial charge in [-0.1, -0.05) is 102 Å². The molecule has 5 aromatic carbocycles. The first kappa shape index (κ1) is 26.0. The molecule has 1 fully saturated rings. The zero-order chi connectivity index (χ0) is 28.5. The topological polar surface area (TPSA) is 57.7 Å². The molecule has 0 atom stereocenters. The first-order valence-corrected chi connectivity index (χ1v) is 13.5. The van der Waals surface area contributed by atoms with Gasteiger partial charge in [0.15, 0.2) is 0 Å². The normalized spacial score (nSPS) is 13.7. The molecule has 1 aliphatic rings. The number of rotatable bonds is 5. The van der Waals surface area contributed by atoms with E-state index in [0.29, 0.717) is 17.8 Å². The number of carbonyl (C=O) groups excluding carboxylic acids is 3. The quantitative estimate of drug-likeness (QED) is 0.171. The van der Waals surface area contributed by atoms with Crippen molar-refractivity contribution in [2.75, 3.05) is 9.80 Å². The Morgan fingerprint density at radius 3 is 1.73 bits per heavy atom. The molecule has 200 valence electrons. The molecule has 0 saturated carbocycles. The SMILES string of the molecule is Cc1cc(C)cc(Cc2ccc3ccccc3c2C=C2C(=O)N(c3ccccc3)C(=O)N(c3ccccc3)C2=O)c1. The predicted molar refractivity (Wildman–Crippen MR) is 164 cm³/mol. The third-order valence-corrected chi connectivity index (χ3v) is 7.30. The van der Waals surface area contributed by atoms with Crippen LogP contribution in [0.15, 0.2) is 121 Å². The first-order valence-electron chi connectivity index (χ1n) is 13.5. The summed E-state index contributed by atoms with van der Waals surface area (Å²) in [4.78, 5) is 43.9. The van der Waals surface area contributed by atoms with Crippen molar-refractivity contribution >= 4 is 46.1 Å². The Morgan fingerprint density at radius 2 is 1.15 bits per heavy atom. The highest BCUT2D eigenvalue weighted by molar-refractivity contribution is 6.46. The largest absolute Gasteiger partial charge is 0.343 e. The van der Waals surface area contributed by atoms with Crippen LogP contribution in [0, 0.1) is 13.8 Å². The lowest BCUT2D eigenvalue weighted by molar-refractivity contribution is -0.121. The van der Waals surface area contributed by atoms with Crippen LogP contribution in [0.2, 0.25) is 0 Å². The number of anilines is 2. The zero-order valence-electron chi connectivity index (χ0n) is 22.9. The van der Waals surface area contributed by atoms with E-state index in [1.54, 1.807) is 54.6 Å². The summed E-state index contributed by atoms with van der Waals surface area (Å²) in [6.07, 6.45) is 2.29. The van der Waals surface area contributed by atoms with Crippen molar-refractivity contribution in [1.82, 2.24) is 0 Å². The van der Waals surface area contributed by atoms with Gasteiger partial charge in [0.05, 0.1) is 11.4 Å². The molecule has 1 saturated heterocycles. The van der Waals surface area contributed by atoms with Gasteiger partial charge in [-0.25, -0.2) is 14.6 Å². The zero-order valence-corrected chi connectivity index (χ0v) is 22.9. The van der Waals surface area contributed by atoms with Crippen LogP contribution in [0.1, 0.15) is 27.8 Å². The van der Waals surface area contributed by atoms with Crippen molar-refractivity contribution in [3.05, 3.63) is 149 Å². The molecule has 41 heavy (non-hydrogen) atoms. The Kier molecular flexibility index (Phi) is 6.78. The molecule has 0 aliphatic carbocycles. The van der Waals surface area contributed by atoms with Crippen LogP contribution in [0.25, 0.3) is 16.8 Å². The summed E-state index contributed by atoms with van der Waals surface area (Å²) in [6, 6.07) is 35.2. The van der Waals surface area contributed by atoms with Gasteiger partial charge in [0.25, 0.3) is 11.8 Å². The molecule has 0 spiro atoms. The summed E-state index contributed by atoms with van der Waals surface area (Å²) in [5.41, 5.74) is 5.99. The van der Waals surface area contributed by atoms with Gasteiger partial charge in [-0.05, 0) is 78.1 Å². The minimum absolute atomic E-state index is 0.0738. The van der Waals surface area contributed by atoms with Gasteiger partial charge in [-0.15, -0.1) is 0 Å². The van der Waals surface area contributed by atoms with Crippen LogP contribution in [-0.2, 0) is 16.0 Å². The van der Waals surface area contributed by atoms with Crippen LogP contribution in [0.3, 0.4) is 0 Å². The van der Waals surface area contributed by atoms with E-state index < -0.39 is 17.8 Å². The number of carbonyl (C=O) groups is 3. The van der Waals surface area contributed by atoms with Crippen molar-refractivity contribution in [3.63, 3.8) is 0 Å².